The van der Waals surface area contributed by atoms with Crippen molar-refractivity contribution in [3.05, 3.63) is 39.2 Å². The summed E-state index contributed by atoms with van der Waals surface area (Å²) in [6.07, 6.45) is 3.70. The zero-order valence-electron chi connectivity index (χ0n) is 18.9. The first kappa shape index (κ1) is 21.7. The Balaban J connectivity index is 1.13. The third-order valence-electron chi connectivity index (χ3n) is 7.42. The van der Waals surface area contributed by atoms with Crippen LogP contribution >= 0.6 is 22.7 Å². The predicted molar refractivity (Wildman–Crippen MR) is 135 cm³/mol. The summed E-state index contributed by atoms with van der Waals surface area (Å²) >= 11 is 2.90. The van der Waals surface area contributed by atoms with Crippen LogP contribution in [0.2, 0.25) is 0 Å². The van der Waals surface area contributed by atoms with E-state index >= 15 is 0 Å². The van der Waals surface area contributed by atoms with Gasteiger partial charge in [-0.05, 0) is 62.3 Å². The van der Waals surface area contributed by atoms with Gasteiger partial charge in [0.05, 0.1) is 27.5 Å². The molecule has 2 aliphatic heterocycles. The summed E-state index contributed by atoms with van der Waals surface area (Å²) in [5, 5.41) is 13.7. The van der Waals surface area contributed by atoms with Gasteiger partial charge < -0.3 is 21.1 Å². The van der Waals surface area contributed by atoms with E-state index in [-0.39, 0.29) is 24.0 Å². The number of carbonyl (C=O) groups excluding carboxylic acids is 1. The first-order valence-corrected chi connectivity index (χ1v) is 13.3. The van der Waals surface area contributed by atoms with E-state index in [4.69, 9.17) is 5.73 Å². The van der Waals surface area contributed by atoms with Crippen molar-refractivity contribution in [2.75, 3.05) is 23.7 Å². The van der Waals surface area contributed by atoms with E-state index in [1.807, 2.05) is 6.92 Å². The fourth-order valence-electron chi connectivity index (χ4n) is 5.81. The topological polar surface area (TPSA) is 112 Å². The second-order valence-electron chi connectivity index (χ2n) is 9.56. The number of nitrogen functional groups attached to an aromatic ring is 1. The molecule has 2 saturated heterocycles. The van der Waals surface area contributed by atoms with Crippen LogP contribution in [-0.2, 0) is 12.8 Å². The van der Waals surface area contributed by atoms with E-state index in [0.29, 0.717) is 10.6 Å². The van der Waals surface area contributed by atoms with Gasteiger partial charge in [0, 0.05) is 24.8 Å². The Labute approximate surface area is 205 Å². The average Bonchev–Trinajstić information content (AvgIpc) is 3.42. The second-order valence-corrected chi connectivity index (χ2v) is 11.8. The van der Waals surface area contributed by atoms with Gasteiger partial charge in [-0.1, -0.05) is 6.07 Å². The fraction of sp³-hybridized carbons (Fsp3) is 0.458. The van der Waals surface area contributed by atoms with Gasteiger partial charge in [-0.2, -0.15) is 0 Å². The number of amides is 2. The molecular weight excluding hydrogens is 470 g/mol. The number of nitrogens with one attached hydrogen (secondary N) is 1. The molecule has 1 aromatic carbocycles. The highest BCUT2D eigenvalue weighted by Crippen LogP contribution is 2.38. The van der Waals surface area contributed by atoms with Crippen LogP contribution in [0.25, 0.3) is 9.53 Å². The van der Waals surface area contributed by atoms with Crippen LogP contribution in [0.1, 0.15) is 45.1 Å². The minimum atomic E-state index is -0.791. The van der Waals surface area contributed by atoms with Gasteiger partial charge in [0.15, 0.2) is 0 Å². The van der Waals surface area contributed by atoms with Crippen LogP contribution in [0.5, 0.6) is 0 Å². The number of carbonyl (C=O) groups is 2. The van der Waals surface area contributed by atoms with Crippen LogP contribution in [0, 0.1) is 6.92 Å². The van der Waals surface area contributed by atoms with Gasteiger partial charge in [0.2, 0.25) is 0 Å². The number of nitrogens with zero attached hydrogens (tertiary/aromatic N) is 3. The van der Waals surface area contributed by atoms with Crippen molar-refractivity contribution in [1.29, 1.82) is 0 Å². The Morgan fingerprint density at radius 1 is 1.15 bits per heavy atom. The zero-order valence-corrected chi connectivity index (χ0v) is 20.5. The van der Waals surface area contributed by atoms with Crippen molar-refractivity contribution in [3.63, 3.8) is 0 Å². The number of piperazine rings is 1. The molecule has 0 radical (unpaired) electrons. The lowest BCUT2D eigenvalue weighted by atomic mass is 9.87. The zero-order chi connectivity index (χ0) is 23.6. The average molecular weight is 498 g/mol. The molecule has 6 rings (SSSR count). The summed E-state index contributed by atoms with van der Waals surface area (Å²) in [7, 11) is 0. The minimum absolute atomic E-state index is 0.0787. The van der Waals surface area contributed by atoms with E-state index in [9.17, 15) is 14.7 Å². The van der Waals surface area contributed by atoms with Gasteiger partial charge in [0.25, 0.3) is 5.91 Å². The lowest BCUT2D eigenvalue weighted by Crippen LogP contribution is -2.55. The maximum atomic E-state index is 12.9. The van der Waals surface area contributed by atoms with Crippen molar-refractivity contribution in [3.8, 4) is 0 Å². The third-order valence-corrected chi connectivity index (χ3v) is 9.65. The highest BCUT2D eigenvalue weighted by Gasteiger charge is 2.42. The van der Waals surface area contributed by atoms with Crippen molar-refractivity contribution >= 4 is 55.6 Å². The number of hydrogen-bond acceptors (Lipinski definition) is 7. The van der Waals surface area contributed by atoms with Crippen LogP contribution in [0.15, 0.2) is 18.2 Å². The molecule has 3 aromatic rings. The quantitative estimate of drug-likeness (QED) is 0.507. The van der Waals surface area contributed by atoms with Crippen molar-refractivity contribution in [1.82, 2.24) is 15.2 Å². The second kappa shape index (κ2) is 8.13. The number of anilines is 2. The Morgan fingerprint density at radius 3 is 2.62 bits per heavy atom. The number of carboxylic acid groups (broad SMARTS) is 1. The SMILES string of the molecule is Cc1nc2sc(C(=O)N[C@H]3CCc4cc(N5CC6CCC(C5)N6C(=O)O)ccc4C3)c(N)c2s1. The van der Waals surface area contributed by atoms with Gasteiger partial charge in [-0.3, -0.25) is 9.69 Å². The molecule has 2 unspecified atom stereocenters. The molecule has 0 spiro atoms. The molecule has 3 aliphatic rings. The van der Waals surface area contributed by atoms with E-state index in [1.165, 1.54) is 39.5 Å². The minimum Gasteiger partial charge on any atom is -0.465 e. The molecule has 2 bridgehead atoms. The van der Waals surface area contributed by atoms with Crippen molar-refractivity contribution in [2.45, 2.75) is 57.2 Å². The number of thiazole rings is 1. The molecule has 0 saturated carbocycles. The number of aryl methyl sites for hydroxylation is 2. The molecule has 178 valence electrons. The fourth-order valence-corrected chi connectivity index (χ4v) is 7.90. The maximum absolute atomic E-state index is 12.9. The molecule has 2 amide bonds. The number of thiophene rings is 1. The van der Waals surface area contributed by atoms with E-state index in [2.05, 4.69) is 33.4 Å². The van der Waals surface area contributed by atoms with Crippen LogP contribution < -0.4 is 16.0 Å². The van der Waals surface area contributed by atoms with Gasteiger partial charge in [-0.25, -0.2) is 9.78 Å². The first-order chi connectivity index (χ1) is 16.4. The summed E-state index contributed by atoms with van der Waals surface area (Å²) < 4.78 is 0.909. The number of benzene rings is 1. The van der Waals surface area contributed by atoms with Gasteiger partial charge in [-0.15, -0.1) is 22.7 Å². The standard InChI is InChI=1S/C24H27N5O3S2/c1-12-26-23-21(33-12)19(25)20(34-23)22(30)27-15-4-2-14-9-16(5-3-13(14)8-15)28-10-17-6-7-18(11-28)29(17)24(31)32/h3,5,9,15,17-18H,2,4,6-8,10-11,25H2,1H3,(H,27,30)(H,31,32)/t15-,17?,18?/m0/s1. The summed E-state index contributed by atoms with van der Waals surface area (Å²) in [5.41, 5.74) is 10.6. The Bertz CT molecular complexity index is 1290. The van der Waals surface area contributed by atoms with Gasteiger partial charge in [0.1, 0.15) is 9.71 Å². The first-order valence-electron chi connectivity index (χ1n) is 11.7. The number of fused-ring (bicyclic) bond motifs is 4. The molecule has 4 N–H and O–H groups in total. The predicted octanol–water partition coefficient (Wildman–Crippen LogP) is 3.87. The number of aromatic nitrogens is 1. The van der Waals surface area contributed by atoms with E-state index in [1.54, 1.807) is 4.90 Å². The summed E-state index contributed by atoms with van der Waals surface area (Å²) in [6, 6.07) is 6.85. The largest absolute Gasteiger partial charge is 0.465 e. The molecule has 3 atom stereocenters. The molecule has 10 heteroatoms. The highest BCUT2D eigenvalue weighted by molar-refractivity contribution is 7.29. The monoisotopic (exact) mass is 497 g/mol. The van der Waals surface area contributed by atoms with E-state index in [0.717, 1.165) is 59.7 Å². The Kier molecular flexibility index (Phi) is 5.18. The summed E-state index contributed by atoms with van der Waals surface area (Å²) in [5.74, 6) is -0.109. The molecule has 2 fully saturated rings. The highest BCUT2D eigenvalue weighted by atomic mass is 32.1. The third kappa shape index (κ3) is 3.60. The Morgan fingerprint density at radius 2 is 1.91 bits per heavy atom. The lowest BCUT2D eigenvalue weighted by Gasteiger charge is -2.41. The van der Waals surface area contributed by atoms with Crippen molar-refractivity contribution in [2.24, 2.45) is 0 Å². The van der Waals surface area contributed by atoms with Crippen LogP contribution in [0.4, 0.5) is 16.2 Å². The maximum Gasteiger partial charge on any atom is 0.407 e. The molecule has 1 aliphatic carbocycles. The van der Waals surface area contributed by atoms with Crippen molar-refractivity contribution < 1.29 is 14.7 Å². The molecule has 8 nitrogen and oxygen atoms in total. The molecular formula is C24H27N5O3S2. The van der Waals surface area contributed by atoms with E-state index < -0.39 is 6.09 Å². The number of rotatable bonds is 3. The Hall–Kier alpha value is -2.85. The normalized spacial score (nSPS) is 23.9. The number of hydrogen-bond donors (Lipinski definition) is 3. The van der Waals surface area contributed by atoms with Crippen LogP contribution in [0.3, 0.4) is 0 Å². The molecule has 34 heavy (non-hydrogen) atoms. The molecule has 4 heterocycles. The molecule has 2 aromatic heterocycles. The summed E-state index contributed by atoms with van der Waals surface area (Å²) in [4.78, 5) is 34.4. The lowest BCUT2D eigenvalue weighted by molar-refractivity contribution is 0.0938. The summed E-state index contributed by atoms with van der Waals surface area (Å²) in [6.45, 7) is 3.46. The van der Waals surface area contributed by atoms with Crippen LogP contribution in [-0.4, -0.2) is 58.2 Å². The van der Waals surface area contributed by atoms with Gasteiger partial charge >= 0.3 is 6.09 Å². The number of nitrogens with two attached hydrogens (primary N) is 1. The smallest absolute Gasteiger partial charge is 0.407 e.